The highest BCUT2D eigenvalue weighted by Gasteiger charge is 2.35. The second-order valence-electron chi connectivity index (χ2n) is 8.80. The van der Waals surface area contributed by atoms with E-state index in [0.29, 0.717) is 48.4 Å². The third-order valence-corrected chi connectivity index (χ3v) is 6.51. The zero-order chi connectivity index (χ0) is 24.5. The van der Waals surface area contributed by atoms with Gasteiger partial charge in [-0.15, -0.1) is 5.10 Å². The summed E-state index contributed by atoms with van der Waals surface area (Å²) >= 11 is 0. The minimum absolute atomic E-state index is 0.0850. The second kappa shape index (κ2) is 9.33. The highest BCUT2D eigenvalue weighted by molar-refractivity contribution is 5.70. The number of likely N-dealkylation sites (N-methyl/N-ethyl adjacent to an activating group) is 1. The molecular formula is C23H26FN11. The lowest BCUT2D eigenvalue weighted by Gasteiger charge is -2.49. The smallest absolute Gasteiger partial charge is 0.247 e. The van der Waals surface area contributed by atoms with Crippen LogP contribution in [0.4, 0.5) is 27.5 Å². The molecule has 2 saturated heterocycles. The first-order valence-corrected chi connectivity index (χ1v) is 11.6. The number of halogens is 1. The summed E-state index contributed by atoms with van der Waals surface area (Å²) < 4.78 is 17.0. The summed E-state index contributed by atoms with van der Waals surface area (Å²) in [5, 5.41) is 29.3. The first kappa shape index (κ1) is 22.8. The van der Waals surface area contributed by atoms with Gasteiger partial charge in [-0.2, -0.15) is 20.0 Å². The van der Waals surface area contributed by atoms with E-state index in [2.05, 4.69) is 48.6 Å². The van der Waals surface area contributed by atoms with Crippen molar-refractivity contribution in [2.75, 3.05) is 68.4 Å². The number of imidazole rings is 1. The number of fused-ring (bicyclic) bond motifs is 1. The Labute approximate surface area is 202 Å². The number of aromatic nitrogens is 4. The predicted molar refractivity (Wildman–Crippen MR) is 129 cm³/mol. The molecule has 2 aliphatic rings. The standard InChI is InChI=1S/C23H26FN11/c1-3-27-21-22-28-12-16(11-26)35(22)31-23(30-21)29-18-8-15(10-25)9-19(20(18)24)34-13-17(14-34)33-6-4-32(2)5-7-33/h8-9,12,17H,3-7,13-14H2,1-2H3,(H2,27,29,30,31). The van der Waals surface area contributed by atoms with Crippen LogP contribution in [-0.2, 0) is 0 Å². The minimum Gasteiger partial charge on any atom is -0.367 e. The van der Waals surface area contributed by atoms with E-state index >= 15 is 4.39 Å². The summed E-state index contributed by atoms with van der Waals surface area (Å²) in [6.07, 6.45) is 1.41. The molecule has 180 valence electrons. The van der Waals surface area contributed by atoms with Crippen LogP contribution in [0.3, 0.4) is 0 Å². The van der Waals surface area contributed by atoms with Gasteiger partial charge in [0.25, 0.3) is 0 Å². The first-order valence-electron chi connectivity index (χ1n) is 11.6. The molecule has 0 aliphatic carbocycles. The lowest BCUT2D eigenvalue weighted by atomic mass is 10.0. The van der Waals surface area contributed by atoms with Crippen LogP contribution < -0.4 is 15.5 Å². The van der Waals surface area contributed by atoms with E-state index in [1.165, 1.54) is 16.8 Å². The average molecular weight is 476 g/mol. The molecule has 5 rings (SSSR count). The van der Waals surface area contributed by atoms with Crippen molar-refractivity contribution in [1.82, 2.24) is 29.4 Å². The van der Waals surface area contributed by atoms with Crippen molar-refractivity contribution >= 4 is 28.8 Å². The van der Waals surface area contributed by atoms with Crippen molar-refractivity contribution in [3.8, 4) is 12.1 Å². The number of rotatable bonds is 6. The molecule has 2 aromatic heterocycles. The van der Waals surface area contributed by atoms with Crippen molar-refractivity contribution in [2.45, 2.75) is 13.0 Å². The maximum atomic E-state index is 15.6. The molecule has 1 aromatic carbocycles. The normalized spacial score (nSPS) is 17.1. The van der Waals surface area contributed by atoms with Gasteiger partial charge >= 0.3 is 0 Å². The van der Waals surface area contributed by atoms with Gasteiger partial charge in [0.2, 0.25) is 5.95 Å². The molecule has 3 aromatic rings. The first-order chi connectivity index (χ1) is 17.0. The maximum absolute atomic E-state index is 15.6. The van der Waals surface area contributed by atoms with Crippen molar-refractivity contribution in [3.63, 3.8) is 0 Å². The number of hydrogen-bond donors (Lipinski definition) is 2. The molecule has 11 nitrogen and oxygen atoms in total. The highest BCUT2D eigenvalue weighted by atomic mass is 19.1. The number of nitrogens with zero attached hydrogens (tertiary/aromatic N) is 9. The molecule has 0 saturated carbocycles. The fourth-order valence-electron chi connectivity index (χ4n) is 4.48. The molecule has 4 heterocycles. The van der Waals surface area contributed by atoms with Gasteiger partial charge in [0, 0.05) is 51.9 Å². The molecule has 0 amide bonds. The predicted octanol–water partition coefficient (Wildman–Crippen LogP) is 1.62. The van der Waals surface area contributed by atoms with E-state index in [1.54, 1.807) is 6.07 Å². The van der Waals surface area contributed by atoms with Gasteiger partial charge in [-0.05, 0) is 26.1 Å². The van der Waals surface area contributed by atoms with E-state index in [-0.39, 0.29) is 17.3 Å². The van der Waals surface area contributed by atoms with E-state index in [1.807, 2.05) is 17.9 Å². The average Bonchev–Trinajstić information content (AvgIpc) is 3.25. The van der Waals surface area contributed by atoms with Gasteiger partial charge in [-0.1, -0.05) is 0 Å². The van der Waals surface area contributed by atoms with Crippen LogP contribution in [0.5, 0.6) is 0 Å². The van der Waals surface area contributed by atoms with E-state index < -0.39 is 5.82 Å². The topological polar surface area (TPSA) is 124 Å². The van der Waals surface area contributed by atoms with Crippen LogP contribution in [0, 0.1) is 28.5 Å². The zero-order valence-corrected chi connectivity index (χ0v) is 19.7. The number of benzene rings is 1. The van der Waals surface area contributed by atoms with Crippen molar-refractivity contribution in [3.05, 3.63) is 35.4 Å². The van der Waals surface area contributed by atoms with E-state index in [0.717, 1.165) is 26.2 Å². The summed E-state index contributed by atoms with van der Waals surface area (Å²) in [5.74, 6) is 0.0313. The monoisotopic (exact) mass is 475 g/mol. The Hall–Kier alpha value is -4.00. The molecular weight excluding hydrogens is 449 g/mol. The van der Waals surface area contributed by atoms with Crippen LogP contribution in [-0.4, -0.2) is 88.3 Å². The van der Waals surface area contributed by atoms with Gasteiger partial charge in [-0.25, -0.2) is 9.37 Å². The van der Waals surface area contributed by atoms with Crippen LogP contribution >= 0.6 is 0 Å². The SMILES string of the molecule is CCNc1nc(Nc2cc(C#N)cc(N3CC(N4CCN(C)CC4)C3)c2F)nn2c(C#N)cnc12. The molecule has 2 aliphatic heterocycles. The molecule has 0 unspecified atom stereocenters. The zero-order valence-electron chi connectivity index (χ0n) is 19.7. The van der Waals surface area contributed by atoms with Crippen LogP contribution in [0.1, 0.15) is 18.2 Å². The van der Waals surface area contributed by atoms with Gasteiger partial charge in [0.1, 0.15) is 6.07 Å². The summed E-state index contributed by atoms with van der Waals surface area (Å²) in [5.41, 5.74) is 1.44. The molecule has 0 atom stereocenters. The maximum Gasteiger partial charge on any atom is 0.247 e. The van der Waals surface area contributed by atoms with Gasteiger partial charge in [0.05, 0.1) is 29.2 Å². The van der Waals surface area contributed by atoms with Crippen LogP contribution in [0.15, 0.2) is 18.3 Å². The third kappa shape index (κ3) is 4.30. The van der Waals surface area contributed by atoms with E-state index in [4.69, 9.17) is 0 Å². The number of anilines is 4. The fourth-order valence-corrected chi connectivity index (χ4v) is 4.48. The van der Waals surface area contributed by atoms with Crippen molar-refractivity contribution < 1.29 is 4.39 Å². The molecule has 2 N–H and O–H groups in total. The molecule has 2 fully saturated rings. The minimum atomic E-state index is -0.472. The van der Waals surface area contributed by atoms with Gasteiger partial charge in [-0.3, -0.25) is 4.90 Å². The molecule has 0 radical (unpaired) electrons. The van der Waals surface area contributed by atoms with E-state index in [9.17, 15) is 10.5 Å². The Morgan fingerprint density at radius 3 is 2.60 bits per heavy atom. The molecule has 12 heteroatoms. The summed E-state index contributed by atoms with van der Waals surface area (Å²) in [6, 6.07) is 7.56. The van der Waals surface area contributed by atoms with Gasteiger partial charge < -0.3 is 20.4 Å². The Balaban J connectivity index is 1.41. The Bertz CT molecular complexity index is 1320. The molecule has 0 spiro atoms. The van der Waals surface area contributed by atoms with Crippen molar-refractivity contribution in [2.24, 2.45) is 0 Å². The second-order valence-corrected chi connectivity index (χ2v) is 8.80. The van der Waals surface area contributed by atoms with Crippen molar-refractivity contribution in [1.29, 1.82) is 10.5 Å². The Morgan fingerprint density at radius 2 is 1.91 bits per heavy atom. The number of nitriles is 2. The number of piperazine rings is 1. The summed E-state index contributed by atoms with van der Waals surface area (Å²) in [7, 11) is 2.12. The molecule has 35 heavy (non-hydrogen) atoms. The number of hydrogen-bond acceptors (Lipinski definition) is 10. The van der Waals surface area contributed by atoms with Gasteiger partial charge in [0.15, 0.2) is 23.0 Å². The van der Waals surface area contributed by atoms with Crippen LogP contribution in [0.25, 0.3) is 5.65 Å². The number of nitrogens with one attached hydrogen (secondary N) is 2. The fraction of sp³-hybridized carbons (Fsp3) is 0.435. The Kier molecular flexibility index (Phi) is 6.07. The summed E-state index contributed by atoms with van der Waals surface area (Å²) in [4.78, 5) is 15.3. The lowest BCUT2D eigenvalue weighted by molar-refractivity contribution is 0.0961. The lowest BCUT2D eigenvalue weighted by Crippen LogP contribution is -2.63. The molecule has 0 bridgehead atoms. The van der Waals surface area contributed by atoms with Crippen LogP contribution in [0.2, 0.25) is 0 Å². The largest absolute Gasteiger partial charge is 0.367 e. The third-order valence-electron chi connectivity index (χ3n) is 6.51. The highest BCUT2D eigenvalue weighted by Crippen LogP contribution is 2.33. The Morgan fingerprint density at radius 1 is 1.14 bits per heavy atom. The summed E-state index contributed by atoms with van der Waals surface area (Å²) in [6.45, 7) is 7.99. The quantitative estimate of drug-likeness (QED) is 0.543.